The van der Waals surface area contributed by atoms with Crippen molar-refractivity contribution in [1.82, 2.24) is 20.4 Å². The summed E-state index contributed by atoms with van der Waals surface area (Å²) in [7, 11) is 0. The molecule has 0 aliphatic rings. The van der Waals surface area contributed by atoms with Crippen LogP contribution in [0.1, 0.15) is 24.6 Å². The maximum absolute atomic E-state index is 9.61. The molecule has 0 bridgehead atoms. The fourth-order valence-corrected chi connectivity index (χ4v) is 1.48. The summed E-state index contributed by atoms with van der Waals surface area (Å²) >= 11 is 0. The maximum atomic E-state index is 9.61. The molecule has 0 amide bonds. The third-order valence-corrected chi connectivity index (χ3v) is 2.30. The second-order valence-electron chi connectivity index (χ2n) is 3.57. The van der Waals surface area contributed by atoms with Crippen LogP contribution in [-0.4, -0.2) is 26.3 Å². The molecule has 0 saturated carbocycles. The van der Waals surface area contributed by atoms with Crippen molar-refractivity contribution in [2.75, 3.05) is 0 Å². The van der Waals surface area contributed by atoms with Crippen LogP contribution in [0.4, 0.5) is 0 Å². The number of H-pyrrole nitrogens is 1. The van der Waals surface area contributed by atoms with Crippen molar-refractivity contribution in [1.29, 1.82) is 0 Å². The highest BCUT2D eigenvalue weighted by molar-refractivity contribution is 5.04. The number of aromatic amines is 1. The molecule has 0 spiro atoms. The molecular weight excluding hydrogens is 208 g/mol. The van der Waals surface area contributed by atoms with E-state index in [1.54, 1.807) is 6.92 Å². The molecule has 3 N–H and O–H groups in total. The number of aliphatic hydroxyl groups excluding tert-OH is 1. The molecular formula is C10H14N4O2. The van der Waals surface area contributed by atoms with Crippen LogP contribution in [-0.2, 0) is 6.54 Å². The van der Waals surface area contributed by atoms with Crippen LogP contribution in [0.15, 0.2) is 29.2 Å². The van der Waals surface area contributed by atoms with Gasteiger partial charge in [0.1, 0.15) is 6.04 Å². The number of aliphatic hydroxyl groups is 1. The lowest BCUT2D eigenvalue weighted by molar-refractivity contribution is 0.125. The molecule has 6 nitrogen and oxygen atoms in total. The molecule has 16 heavy (non-hydrogen) atoms. The second kappa shape index (κ2) is 4.91. The Bertz CT molecular complexity index is 396. The van der Waals surface area contributed by atoms with E-state index in [2.05, 4.69) is 20.4 Å². The van der Waals surface area contributed by atoms with Crippen molar-refractivity contribution in [3.8, 4) is 0 Å². The predicted octanol–water partition coefficient (Wildman–Crippen LogP) is 0.609. The van der Waals surface area contributed by atoms with Gasteiger partial charge in [0, 0.05) is 18.4 Å². The Hall–Kier alpha value is -1.66. The molecule has 86 valence electrons. The lowest BCUT2D eigenvalue weighted by atomic mass is 10.2. The van der Waals surface area contributed by atoms with E-state index in [0.717, 1.165) is 5.69 Å². The number of hydrogen-bond donors (Lipinski definition) is 3. The number of rotatable bonds is 5. The first-order valence-electron chi connectivity index (χ1n) is 5.07. The Morgan fingerprint density at radius 1 is 1.62 bits per heavy atom. The molecule has 0 saturated heterocycles. The van der Waals surface area contributed by atoms with Gasteiger partial charge in [-0.15, -0.1) is 0 Å². The molecule has 0 aromatic carbocycles. The summed E-state index contributed by atoms with van der Waals surface area (Å²) in [5, 5.41) is 16.3. The largest absolute Gasteiger partial charge is 0.391 e. The standard InChI is InChI=1S/C10H14N4O2/c1-7(15)9(10-13-6-14-16-10)12-5-8-3-2-4-11-8/h2-4,6-7,9,11-12,15H,5H2,1H3/t7-,9+/m1/s1. The van der Waals surface area contributed by atoms with Crippen LogP contribution in [0.2, 0.25) is 0 Å². The smallest absolute Gasteiger partial charge is 0.246 e. The summed E-state index contributed by atoms with van der Waals surface area (Å²) < 4.78 is 4.93. The molecule has 6 heteroatoms. The van der Waals surface area contributed by atoms with E-state index in [0.29, 0.717) is 12.4 Å². The van der Waals surface area contributed by atoms with Gasteiger partial charge in [0.05, 0.1) is 6.10 Å². The molecule has 2 atom stereocenters. The average Bonchev–Trinajstić information content (AvgIpc) is 2.88. The Labute approximate surface area is 92.7 Å². The van der Waals surface area contributed by atoms with E-state index in [4.69, 9.17) is 4.52 Å². The third kappa shape index (κ3) is 2.47. The molecule has 0 radical (unpaired) electrons. The van der Waals surface area contributed by atoms with Crippen LogP contribution in [0.3, 0.4) is 0 Å². The monoisotopic (exact) mass is 222 g/mol. The van der Waals surface area contributed by atoms with Crippen LogP contribution >= 0.6 is 0 Å². The zero-order valence-corrected chi connectivity index (χ0v) is 8.92. The second-order valence-corrected chi connectivity index (χ2v) is 3.57. The summed E-state index contributed by atoms with van der Waals surface area (Å²) in [6.45, 7) is 2.28. The Morgan fingerprint density at radius 3 is 3.06 bits per heavy atom. The number of hydrogen-bond acceptors (Lipinski definition) is 5. The van der Waals surface area contributed by atoms with Gasteiger partial charge in [0.25, 0.3) is 0 Å². The normalized spacial score (nSPS) is 14.9. The predicted molar refractivity (Wildman–Crippen MR) is 56.4 cm³/mol. The van der Waals surface area contributed by atoms with Gasteiger partial charge in [-0.25, -0.2) is 0 Å². The first kappa shape index (κ1) is 10.8. The van der Waals surface area contributed by atoms with Gasteiger partial charge >= 0.3 is 0 Å². The molecule has 0 unspecified atom stereocenters. The van der Waals surface area contributed by atoms with E-state index in [1.165, 1.54) is 6.33 Å². The topological polar surface area (TPSA) is 87.0 Å². The maximum Gasteiger partial charge on any atom is 0.246 e. The lowest BCUT2D eigenvalue weighted by Gasteiger charge is -2.16. The lowest BCUT2D eigenvalue weighted by Crippen LogP contribution is -2.30. The van der Waals surface area contributed by atoms with Gasteiger partial charge in [-0.05, 0) is 19.1 Å². The van der Waals surface area contributed by atoms with Crippen molar-refractivity contribution in [2.24, 2.45) is 0 Å². The summed E-state index contributed by atoms with van der Waals surface area (Å²) in [6, 6.07) is 3.52. The minimum atomic E-state index is -0.601. The van der Waals surface area contributed by atoms with E-state index in [-0.39, 0.29) is 6.04 Å². The fourth-order valence-electron chi connectivity index (χ4n) is 1.48. The van der Waals surface area contributed by atoms with Gasteiger partial charge in [-0.3, -0.25) is 5.32 Å². The summed E-state index contributed by atoms with van der Waals surface area (Å²) in [4.78, 5) is 6.99. The van der Waals surface area contributed by atoms with Crippen molar-refractivity contribution >= 4 is 0 Å². The molecule has 2 rings (SSSR count). The first-order valence-corrected chi connectivity index (χ1v) is 5.07. The highest BCUT2D eigenvalue weighted by Gasteiger charge is 2.21. The van der Waals surface area contributed by atoms with Crippen LogP contribution in [0.5, 0.6) is 0 Å². The van der Waals surface area contributed by atoms with Crippen molar-refractivity contribution in [3.63, 3.8) is 0 Å². The van der Waals surface area contributed by atoms with Gasteiger partial charge < -0.3 is 14.6 Å². The molecule has 2 aromatic rings. The SMILES string of the molecule is C[C@@H](O)[C@H](NCc1ccc[nH]1)c1ncno1. The van der Waals surface area contributed by atoms with Gasteiger partial charge in [-0.1, -0.05) is 5.16 Å². The highest BCUT2D eigenvalue weighted by Crippen LogP contribution is 2.14. The van der Waals surface area contributed by atoms with E-state index >= 15 is 0 Å². The molecule has 2 aromatic heterocycles. The number of nitrogens with one attached hydrogen (secondary N) is 2. The summed E-state index contributed by atoms with van der Waals surface area (Å²) in [5.74, 6) is 0.390. The average molecular weight is 222 g/mol. The zero-order valence-electron chi connectivity index (χ0n) is 8.92. The Balaban J connectivity index is 1.99. The van der Waals surface area contributed by atoms with Gasteiger partial charge in [0.15, 0.2) is 6.33 Å². The molecule has 2 heterocycles. The van der Waals surface area contributed by atoms with Gasteiger partial charge in [-0.2, -0.15) is 4.98 Å². The Kier molecular flexibility index (Phi) is 3.33. The minimum Gasteiger partial charge on any atom is -0.391 e. The molecule has 0 aliphatic heterocycles. The fraction of sp³-hybridized carbons (Fsp3) is 0.400. The van der Waals surface area contributed by atoms with Crippen LogP contribution < -0.4 is 5.32 Å². The highest BCUT2D eigenvalue weighted by atomic mass is 16.5. The summed E-state index contributed by atoms with van der Waals surface area (Å²) in [5.41, 5.74) is 1.03. The number of aromatic nitrogens is 3. The van der Waals surface area contributed by atoms with Crippen molar-refractivity contribution in [3.05, 3.63) is 36.2 Å². The Morgan fingerprint density at radius 2 is 2.50 bits per heavy atom. The summed E-state index contributed by atoms with van der Waals surface area (Å²) in [6.07, 6.45) is 2.57. The molecule has 0 aliphatic carbocycles. The van der Waals surface area contributed by atoms with Gasteiger partial charge in [0.2, 0.25) is 5.89 Å². The van der Waals surface area contributed by atoms with E-state index in [1.807, 2.05) is 18.3 Å². The van der Waals surface area contributed by atoms with E-state index in [9.17, 15) is 5.11 Å². The quantitative estimate of drug-likeness (QED) is 0.690. The molecule has 0 fully saturated rings. The first-order chi connectivity index (χ1) is 7.77. The van der Waals surface area contributed by atoms with E-state index < -0.39 is 6.10 Å². The minimum absolute atomic E-state index is 0.356. The number of nitrogens with zero attached hydrogens (tertiary/aromatic N) is 2. The zero-order chi connectivity index (χ0) is 11.4. The van der Waals surface area contributed by atoms with Crippen LogP contribution in [0, 0.1) is 0 Å². The van der Waals surface area contributed by atoms with Crippen LogP contribution in [0.25, 0.3) is 0 Å². The van der Waals surface area contributed by atoms with Crippen molar-refractivity contribution < 1.29 is 9.63 Å². The van der Waals surface area contributed by atoms with Crippen molar-refractivity contribution in [2.45, 2.75) is 25.6 Å². The third-order valence-electron chi connectivity index (χ3n) is 2.30.